The van der Waals surface area contributed by atoms with Gasteiger partial charge < -0.3 is 16.5 Å². The molecule has 0 unspecified atom stereocenters. The van der Waals surface area contributed by atoms with Crippen LogP contribution in [0.25, 0.3) is 0 Å². The van der Waals surface area contributed by atoms with E-state index in [1.54, 1.807) is 0 Å². The van der Waals surface area contributed by atoms with Crippen molar-refractivity contribution in [3.8, 4) is 0 Å². The molecule has 0 spiro atoms. The van der Waals surface area contributed by atoms with Crippen molar-refractivity contribution < 1.29 is 18.0 Å². The highest BCUT2D eigenvalue weighted by Crippen LogP contribution is 2.29. The van der Waals surface area contributed by atoms with E-state index in [1.165, 1.54) is 30.6 Å². The highest BCUT2D eigenvalue weighted by molar-refractivity contribution is 6.44. The van der Waals surface area contributed by atoms with Crippen molar-refractivity contribution in [1.82, 2.24) is 4.98 Å². The van der Waals surface area contributed by atoms with Crippen LogP contribution in [0.15, 0.2) is 53.8 Å². The summed E-state index contributed by atoms with van der Waals surface area (Å²) in [4.78, 5) is 19.5. The average molecular weight is 437 g/mol. The average Bonchev–Trinajstić information content (AvgIpc) is 2.69. The number of allylic oxidation sites excluding steroid dienone is 1. The summed E-state index contributed by atoms with van der Waals surface area (Å²) in [6.45, 7) is 0.131. The summed E-state index contributed by atoms with van der Waals surface area (Å²) in [5.74, 6) is -1.21. The van der Waals surface area contributed by atoms with Gasteiger partial charge in [0.05, 0.1) is 28.0 Å². The summed E-state index contributed by atoms with van der Waals surface area (Å²) in [6, 6.07) is 4.59. The number of nitrogens with one attached hydrogen (secondary N) is 3. The van der Waals surface area contributed by atoms with Gasteiger partial charge in [0.25, 0.3) is 5.91 Å². The van der Waals surface area contributed by atoms with Crippen molar-refractivity contribution in [3.05, 3.63) is 70.5 Å². The maximum atomic E-state index is 12.7. The van der Waals surface area contributed by atoms with E-state index in [4.69, 9.17) is 28.2 Å². The lowest BCUT2D eigenvalue weighted by molar-refractivity contribution is -0.137. The van der Waals surface area contributed by atoms with Gasteiger partial charge in [0.2, 0.25) is 0 Å². The molecule has 1 amide bonds. The maximum absolute atomic E-state index is 12.7. The Hall–Kier alpha value is -3.53. The first-order valence-corrected chi connectivity index (χ1v) is 8.69. The molecule has 1 aromatic carbocycles. The van der Waals surface area contributed by atoms with E-state index in [2.05, 4.69) is 15.3 Å². The molecule has 0 aliphatic heterocycles. The van der Waals surface area contributed by atoms with Crippen molar-refractivity contribution in [2.45, 2.75) is 12.7 Å². The van der Waals surface area contributed by atoms with Gasteiger partial charge in [-0.1, -0.05) is 23.7 Å². The Balaban J connectivity index is 2.23. The molecular formula is C19H16ClF3N6O. The van der Waals surface area contributed by atoms with E-state index in [-0.39, 0.29) is 23.0 Å². The first-order valence-electron chi connectivity index (χ1n) is 8.31. The molecule has 2 rings (SSSR count). The molecule has 0 radical (unpaired) electrons. The molecule has 30 heavy (non-hydrogen) atoms. The number of amidine groups is 1. The van der Waals surface area contributed by atoms with Gasteiger partial charge in [0.1, 0.15) is 11.5 Å². The summed E-state index contributed by atoms with van der Waals surface area (Å²) in [7, 11) is 0. The Kier molecular flexibility index (Phi) is 7.43. The summed E-state index contributed by atoms with van der Waals surface area (Å²) in [5.41, 5.74) is 5.67. The molecular weight excluding hydrogens is 421 g/mol. The van der Waals surface area contributed by atoms with Gasteiger partial charge in [0, 0.05) is 19.0 Å². The number of nitrogens with two attached hydrogens (primary N) is 1. The van der Waals surface area contributed by atoms with E-state index in [0.29, 0.717) is 11.3 Å². The van der Waals surface area contributed by atoms with Crippen molar-refractivity contribution >= 4 is 41.0 Å². The molecule has 0 atom stereocenters. The highest BCUT2D eigenvalue weighted by atomic mass is 35.5. The fourth-order valence-corrected chi connectivity index (χ4v) is 2.53. The number of hydrogen-bond donors (Lipinski definition) is 4. The molecule has 0 saturated heterocycles. The minimum absolute atomic E-state index is 0.0861. The largest absolute Gasteiger partial charge is 0.416 e. The number of anilines is 1. The molecule has 0 aliphatic rings. The van der Waals surface area contributed by atoms with Crippen LogP contribution in [0.2, 0.25) is 5.02 Å². The number of carbonyl (C=O) groups is 1. The molecule has 0 aliphatic carbocycles. The Morgan fingerprint density at radius 3 is 2.53 bits per heavy atom. The predicted octanol–water partition coefficient (Wildman–Crippen LogP) is 3.82. The van der Waals surface area contributed by atoms with Gasteiger partial charge in [0.15, 0.2) is 0 Å². The number of rotatable bonds is 7. The molecule has 0 bridgehead atoms. The maximum Gasteiger partial charge on any atom is 0.416 e. The summed E-state index contributed by atoms with van der Waals surface area (Å²) in [6.07, 6.45) is 1.41. The van der Waals surface area contributed by atoms with E-state index < -0.39 is 23.4 Å². The molecule has 1 heterocycles. The van der Waals surface area contributed by atoms with Crippen LogP contribution in [0.3, 0.4) is 0 Å². The molecule has 0 fully saturated rings. The number of amides is 1. The first-order chi connectivity index (χ1) is 14.1. The third-order valence-electron chi connectivity index (χ3n) is 3.73. The molecule has 0 saturated carbocycles. The number of carbonyl (C=O) groups excluding carboxylic acids is 1. The number of aromatic nitrogens is 1. The standard InChI is InChI=1S/C19H16ClF3N6O/c20-13-9-27-10-15(16(13)17(26)29-18(30)14(25)2-1-7-24)28-8-11-3-5-12(6-4-11)19(21,22)23/h1-7,9-10,24-25,28H,8H2,(H2,26,29,30). The zero-order valence-electron chi connectivity index (χ0n) is 15.3. The second kappa shape index (κ2) is 9.79. The lowest BCUT2D eigenvalue weighted by atomic mass is 10.1. The third kappa shape index (κ3) is 5.98. The molecule has 1 aromatic heterocycles. The number of benzene rings is 1. The zero-order valence-corrected chi connectivity index (χ0v) is 16.1. The fourth-order valence-electron chi connectivity index (χ4n) is 2.28. The number of alkyl halides is 3. The van der Waals surface area contributed by atoms with Crippen LogP contribution >= 0.6 is 11.6 Å². The zero-order chi connectivity index (χ0) is 22.3. The monoisotopic (exact) mass is 436 g/mol. The minimum atomic E-state index is -4.42. The Labute approximate surface area is 174 Å². The van der Waals surface area contributed by atoms with Crippen LogP contribution < -0.4 is 11.1 Å². The summed E-state index contributed by atoms with van der Waals surface area (Å²) < 4.78 is 38.0. The fraction of sp³-hybridized carbons (Fsp3) is 0.105. The second-order valence-corrected chi connectivity index (χ2v) is 6.24. The van der Waals surface area contributed by atoms with Crippen LogP contribution in [-0.4, -0.2) is 28.7 Å². The predicted molar refractivity (Wildman–Crippen MR) is 109 cm³/mol. The van der Waals surface area contributed by atoms with Crippen molar-refractivity contribution in [2.24, 2.45) is 10.7 Å². The Morgan fingerprint density at radius 1 is 1.27 bits per heavy atom. The van der Waals surface area contributed by atoms with Crippen LogP contribution in [0.5, 0.6) is 0 Å². The SMILES string of the molecule is N=CC=CC(=N)C(=O)N=C(N)c1c(Cl)cncc1NCc1ccc(C(F)(F)F)cc1. The van der Waals surface area contributed by atoms with Gasteiger partial charge in [-0.15, -0.1) is 0 Å². The van der Waals surface area contributed by atoms with E-state index >= 15 is 0 Å². The molecule has 7 nitrogen and oxygen atoms in total. The van der Waals surface area contributed by atoms with Crippen molar-refractivity contribution in [3.63, 3.8) is 0 Å². The number of nitrogens with zero attached hydrogens (tertiary/aromatic N) is 2. The van der Waals surface area contributed by atoms with E-state index in [1.807, 2.05) is 0 Å². The van der Waals surface area contributed by atoms with Crippen molar-refractivity contribution in [2.75, 3.05) is 5.32 Å². The number of aliphatic imine (C=N–C) groups is 1. The van der Waals surface area contributed by atoms with Crippen LogP contribution in [0.1, 0.15) is 16.7 Å². The number of pyridine rings is 1. The molecule has 2 aromatic rings. The van der Waals surface area contributed by atoms with Crippen LogP contribution in [0, 0.1) is 10.8 Å². The second-order valence-electron chi connectivity index (χ2n) is 5.83. The van der Waals surface area contributed by atoms with E-state index in [0.717, 1.165) is 24.4 Å². The topological polar surface area (TPSA) is 128 Å². The smallest absolute Gasteiger partial charge is 0.383 e. The van der Waals surface area contributed by atoms with Gasteiger partial charge in [-0.3, -0.25) is 15.2 Å². The lowest BCUT2D eigenvalue weighted by Crippen LogP contribution is -2.21. The number of hydrogen-bond acceptors (Lipinski definition) is 5. The van der Waals surface area contributed by atoms with E-state index in [9.17, 15) is 18.0 Å². The quantitative estimate of drug-likeness (QED) is 0.388. The lowest BCUT2D eigenvalue weighted by Gasteiger charge is -2.13. The Morgan fingerprint density at radius 2 is 1.93 bits per heavy atom. The highest BCUT2D eigenvalue weighted by Gasteiger charge is 2.29. The van der Waals surface area contributed by atoms with Gasteiger partial charge in [-0.2, -0.15) is 18.2 Å². The van der Waals surface area contributed by atoms with Gasteiger partial charge >= 0.3 is 6.18 Å². The van der Waals surface area contributed by atoms with Gasteiger partial charge in [-0.05, 0) is 29.8 Å². The third-order valence-corrected chi connectivity index (χ3v) is 4.02. The minimum Gasteiger partial charge on any atom is -0.383 e. The summed E-state index contributed by atoms with van der Waals surface area (Å²) >= 11 is 6.13. The van der Waals surface area contributed by atoms with Gasteiger partial charge in [-0.25, -0.2) is 0 Å². The molecule has 5 N–H and O–H groups in total. The molecule has 11 heteroatoms. The summed E-state index contributed by atoms with van der Waals surface area (Å²) in [5, 5.41) is 17.5. The van der Waals surface area contributed by atoms with Crippen LogP contribution in [-0.2, 0) is 17.5 Å². The number of halogens is 4. The first kappa shape index (κ1) is 22.8. The normalized spacial score (nSPS) is 12.1. The molecule has 156 valence electrons. The van der Waals surface area contributed by atoms with Crippen LogP contribution in [0.4, 0.5) is 18.9 Å². The van der Waals surface area contributed by atoms with Crippen molar-refractivity contribution in [1.29, 1.82) is 10.8 Å². The Bertz CT molecular complexity index is 1020.